The van der Waals surface area contributed by atoms with Gasteiger partial charge >= 0.3 is 5.97 Å². The van der Waals surface area contributed by atoms with Crippen LogP contribution >= 0.6 is 0 Å². The van der Waals surface area contributed by atoms with E-state index in [0.29, 0.717) is 30.6 Å². The predicted octanol–water partition coefficient (Wildman–Crippen LogP) is 2.14. The lowest BCUT2D eigenvalue weighted by Crippen LogP contribution is -2.41. The first-order valence-corrected chi connectivity index (χ1v) is 7.87. The number of nitrogens with zero attached hydrogens (tertiary/aromatic N) is 2. The van der Waals surface area contributed by atoms with E-state index < -0.39 is 5.97 Å². The van der Waals surface area contributed by atoms with Crippen molar-refractivity contribution in [2.24, 2.45) is 0 Å². The number of carboxylic acid groups (broad SMARTS) is 1. The van der Waals surface area contributed by atoms with Gasteiger partial charge in [0.05, 0.1) is 0 Å². The fourth-order valence-corrected chi connectivity index (χ4v) is 2.69. The van der Waals surface area contributed by atoms with Crippen molar-refractivity contribution in [3.63, 3.8) is 0 Å². The minimum Gasteiger partial charge on any atom is -0.480 e. The molecule has 0 spiro atoms. The molecule has 1 atom stereocenters. The maximum atomic E-state index is 12.7. The number of carbonyl (C=O) groups is 3. The van der Waals surface area contributed by atoms with E-state index in [1.54, 1.807) is 29.2 Å². The Labute approximate surface area is 135 Å². The van der Waals surface area contributed by atoms with Gasteiger partial charge in [0.25, 0.3) is 5.91 Å². The lowest BCUT2D eigenvalue weighted by Gasteiger charge is -2.27. The van der Waals surface area contributed by atoms with Crippen molar-refractivity contribution >= 4 is 23.5 Å². The van der Waals surface area contributed by atoms with E-state index in [2.05, 4.69) is 0 Å². The van der Waals surface area contributed by atoms with Gasteiger partial charge in [-0.2, -0.15) is 0 Å². The zero-order chi connectivity index (χ0) is 17.0. The highest BCUT2D eigenvalue weighted by atomic mass is 16.4. The number of anilines is 1. The highest BCUT2D eigenvalue weighted by Crippen LogP contribution is 2.23. The molecule has 1 heterocycles. The standard InChI is InChI=1S/C17H22N2O4/c1-3-12(2)19(11-16(21)22)17(23)13-6-4-7-14(10-13)18-9-5-8-15(18)20/h4,6-7,10,12H,3,5,8-9,11H2,1-2H3,(H,21,22)/t12-/m0/s1. The fraction of sp³-hybridized carbons (Fsp3) is 0.471. The van der Waals surface area contributed by atoms with Crippen molar-refractivity contribution in [1.29, 1.82) is 0 Å². The Morgan fingerprint density at radius 2 is 2.13 bits per heavy atom. The highest BCUT2D eigenvalue weighted by Gasteiger charge is 2.25. The first kappa shape index (κ1) is 17.0. The number of benzene rings is 1. The third kappa shape index (κ3) is 3.88. The summed E-state index contributed by atoms with van der Waals surface area (Å²) >= 11 is 0. The van der Waals surface area contributed by atoms with Crippen LogP contribution in [-0.4, -0.2) is 46.9 Å². The highest BCUT2D eigenvalue weighted by molar-refractivity contribution is 5.99. The Morgan fingerprint density at radius 3 is 2.70 bits per heavy atom. The molecule has 1 aliphatic rings. The van der Waals surface area contributed by atoms with Crippen molar-refractivity contribution < 1.29 is 19.5 Å². The van der Waals surface area contributed by atoms with Crippen LogP contribution < -0.4 is 4.90 Å². The van der Waals surface area contributed by atoms with Crippen molar-refractivity contribution in [3.8, 4) is 0 Å². The zero-order valence-electron chi connectivity index (χ0n) is 13.5. The molecule has 0 bridgehead atoms. The molecule has 23 heavy (non-hydrogen) atoms. The lowest BCUT2D eigenvalue weighted by molar-refractivity contribution is -0.138. The van der Waals surface area contributed by atoms with E-state index >= 15 is 0 Å². The molecule has 1 aromatic carbocycles. The number of amides is 2. The van der Waals surface area contributed by atoms with Crippen LogP contribution in [0.25, 0.3) is 0 Å². The fourth-order valence-electron chi connectivity index (χ4n) is 2.69. The van der Waals surface area contributed by atoms with E-state index in [9.17, 15) is 14.4 Å². The van der Waals surface area contributed by atoms with Crippen LogP contribution in [0.4, 0.5) is 5.69 Å². The Kier molecular flexibility index (Phi) is 5.36. The molecule has 124 valence electrons. The molecule has 0 saturated carbocycles. The molecule has 6 heteroatoms. The largest absolute Gasteiger partial charge is 0.480 e. The SMILES string of the molecule is CC[C@H](C)N(CC(=O)O)C(=O)c1cccc(N2CCCC2=O)c1. The quantitative estimate of drug-likeness (QED) is 0.871. The van der Waals surface area contributed by atoms with Crippen LogP contribution in [0.15, 0.2) is 24.3 Å². The summed E-state index contributed by atoms with van der Waals surface area (Å²) in [5.74, 6) is -1.31. The Morgan fingerprint density at radius 1 is 1.39 bits per heavy atom. The van der Waals surface area contributed by atoms with Crippen LogP contribution in [-0.2, 0) is 9.59 Å². The molecule has 1 N–H and O–H groups in total. The van der Waals surface area contributed by atoms with Crippen LogP contribution in [0.5, 0.6) is 0 Å². The van der Waals surface area contributed by atoms with Gasteiger partial charge < -0.3 is 14.9 Å². The van der Waals surface area contributed by atoms with Gasteiger partial charge in [-0.05, 0) is 38.0 Å². The summed E-state index contributed by atoms with van der Waals surface area (Å²) in [6.45, 7) is 4.06. The molecule has 1 aliphatic heterocycles. The van der Waals surface area contributed by atoms with Crippen LogP contribution in [0.1, 0.15) is 43.5 Å². The van der Waals surface area contributed by atoms with Crippen LogP contribution in [0, 0.1) is 0 Å². The number of carboxylic acids is 1. The summed E-state index contributed by atoms with van der Waals surface area (Å²) in [5, 5.41) is 9.04. The summed E-state index contributed by atoms with van der Waals surface area (Å²) < 4.78 is 0. The summed E-state index contributed by atoms with van der Waals surface area (Å²) in [5.41, 5.74) is 1.10. The molecule has 1 fully saturated rings. The molecular weight excluding hydrogens is 296 g/mol. The zero-order valence-corrected chi connectivity index (χ0v) is 13.5. The lowest BCUT2D eigenvalue weighted by atomic mass is 10.1. The van der Waals surface area contributed by atoms with Crippen molar-refractivity contribution in [1.82, 2.24) is 4.90 Å². The molecule has 0 aromatic heterocycles. The molecule has 1 saturated heterocycles. The van der Waals surface area contributed by atoms with Gasteiger partial charge in [0.15, 0.2) is 0 Å². The topological polar surface area (TPSA) is 77.9 Å². The minimum absolute atomic E-state index is 0.0546. The third-order valence-corrected chi connectivity index (χ3v) is 4.17. The predicted molar refractivity (Wildman–Crippen MR) is 86.5 cm³/mol. The number of hydrogen-bond donors (Lipinski definition) is 1. The average molecular weight is 318 g/mol. The van der Waals surface area contributed by atoms with Gasteiger partial charge in [-0.3, -0.25) is 14.4 Å². The Hall–Kier alpha value is -2.37. The second-order valence-corrected chi connectivity index (χ2v) is 5.78. The van der Waals surface area contributed by atoms with Crippen LogP contribution in [0.2, 0.25) is 0 Å². The summed E-state index contributed by atoms with van der Waals surface area (Å²) in [4.78, 5) is 38.6. The second kappa shape index (κ2) is 7.26. The molecule has 0 aliphatic carbocycles. The number of hydrogen-bond acceptors (Lipinski definition) is 3. The van der Waals surface area contributed by atoms with Gasteiger partial charge in [0.2, 0.25) is 5.91 Å². The van der Waals surface area contributed by atoms with E-state index in [1.165, 1.54) is 4.90 Å². The molecule has 6 nitrogen and oxygen atoms in total. The van der Waals surface area contributed by atoms with E-state index in [4.69, 9.17) is 5.11 Å². The van der Waals surface area contributed by atoms with Crippen molar-refractivity contribution in [2.45, 2.75) is 39.2 Å². The number of carbonyl (C=O) groups excluding carboxylic acids is 2. The van der Waals surface area contributed by atoms with Gasteiger partial charge in [0.1, 0.15) is 6.54 Å². The van der Waals surface area contributed by atoms with Gasteiger partial charge in [-0.15, -0.1) is 0 Å². The third-order valence-electron chi connectivity index (χ3n) is 4.17. The van der Waals surface area contributed by atoms with E-state index in [1.807, 2.05) is 13.8 Å². The molecule has 0 radical (unpaired) electrons. The summed E-state index contributed by atoms with van der Waals surface area (Å²) in [6.07, 6.45) is 2.01. The number of aliphatic carboxylic acids is 1. The maximum Gasteiger partial charge on any atom is 0.323 e. The van der Waals surface area contributed by atoms with Gasteiger partial charge in [-0.1, -0.05) is 13.0 Å². The normalized spacial score (nSPS) is 15.6. The molecule has 2 amide bonds. The molecular formula is C17H22N2O4. The van der Waals surface area contributed by atoms with Crippen LogP contribution in [0.3, 0.4) is 0 Å². The van der Waals surface area contributed by atoms with Crippen molar-refractivity contribution in [2.75, 3.05) is 18.0 Å². The second-order valence-electron chi connectivity index (χ2n) is 5.78. The first-order valence-electron chi connectivity index (χ1n) is 7.87. The Balaban J connectivity index is 2.26. The van der Waals surface area contributed by atoms with E-state index in [0.717, 1.165) is 6.42 Å². The van der Waals surface area contributed by atoms with Gasteiger partial charge in [-0.25, -0.2) is 0 Å². The van der Waals surface area contributed by atoms with Crippen molar-refractivity contribution in [3.05, 3.63) is 29.8 Å². The molecule has 2 rings (SSSR count). The van der Waals surface area contributed by atoms with E-state index in [-0.39, 0.29) is 24.4 Å². The van der Waals surface area contributed by atoms with Gasteiger partial charge in [0, 0.05) is 30.3 Å². The Bertz CT molecular complexity index is 614. The minimum atomic E-state index is -1.04. The molecule has 1 aromatic rings. The summed E-state index contributed by atoms with van der Waals surface area (Å²) in [7, 11) is 0. The monoisotopic (exact) mass is 318 g/mol. The maximum absolute atomic E-state index is 12.7. The first-order chi connectivity index (χ1) is 10.9. The molecule has 0 unspecified atom stereocenters. The number of rotatable bonds is 6. The average Bonchev–Trinajstić information content (AvgIpc) is 2.97. The summed E-state index contributed by atoms with van der Waals surface area (Å²) in [6, 6.07) is 6.68. The smallest absolute Gasteiger partial charge is 0.323 e.